The van der Waals surface area contributed by atoms with Gasteiger partial charge in [0.2, 0.25) is 0 Å². The number of amides is 1. The molecule has 0 spiro atoms. The third-order valence-electron chi connectivity index (χ3n) is 4.06. The van der Waals surface area contributed by atoms with Crippen LogP contribution in [0.1, 0.15) is 28.9 Å². The zero-order valence-electron chi connectivity index (χ0n) is 12.9. The molecule has 1 unspecified atom stereocenters. The number of rotatable bonds is 2. The molecule has 1 amide bonds. The summed E-state index contributed by atoms with van der Waals surface area (Å²) in [6.07, 6.45) is 3.60. The van der Waals surface area contributed by atoms with Gasteiger partial charge in [0.25, 0.3) is 5.91 Å². The number of nitrogens with zero attached hydrogens (tertiary/aromatic N) is 3. The second kappa shape index (κ2) is 7.47. The molecule has 3 rings (SSSR count). The van der Waals surface area contributed by atoms with Crippen LogP contribution >= 0.6 is 28.3 Å². The Morgan fingerprint density at radius 3 is 2.70 bits per heavy atom. The normalized spacial score (nSPS) is 17.7. The quantitative estimate of drug-likeness (QED) is 0.844. The van der Waals surface area contributed by atoms with Gasteiger partial charge in [-0.3, -0.25) is 4.79 Å². The molecule has 1 aromatic carbocycles. The van der Waals surface area contributed by atoms with Crippen LogP contribution in [-0.4, -0.2) is 39.7 Å². The van der Waals surface area contributed by atoms with Crippen molar-refractivity contribution in [1.82, 2.24) is 14.7 Å². The lowest BCUT2D eigenvalue weighted by atomic mass is 10.1. The fourth-order valence-electron chi connectivity index (χ4n) is 2.83. The van der Waals surface area contributed by atoms with Gasteiger partial charge in [0.05, 0.1) is 23.1 Å². The number of aromatic nitrogens is 2. The van der Waals surface area contributed by atoms with E-state index in [-0.39, 0.29) is 24.4 Å². The molecular weight excluding hydrogens is 380 g/mol. The Labute approximate surface area is 150 Å². The predicted octanol–water partition coefficient (Wildman–Crippen LogP) is 2.93. The van der Waals surface area contributed by atoms with E-state index in [2.05, 4.69) is 21.0 Å². The molecule has 1 aliphatic rings. The molecule has 2 aromatic rings. The van der Waals surface area contributed by atoms with Crippen LogP contribution < -0.4 is 5.73 Å². The highest BCUT2D eigenvalue weighted by molar-refractivity contribution is 9.10. The zero-order chi connectivity index (χ0) is 15.7. The van der Waals surface area contributed by atoms with Crippen molar-refractivity contribution in [2.45, 2.75) is 25.8 Å². The van der Waals surface area contributed by atoms with Crippen molar-refractivity contribution >= 4 is 34.2 Å². The van der Waals surface area contributed by atoms with Crippen molar-refractivity contribution in [2.75, 3.05) is 13.1 Å². The maximum absolute atomic E-state index is 12.7. The molecule has 124 valence electrons. The topological polar surface area (TPSA) is 64.2 Å². The molecule has 1 aliphatic heterocycles. The van der Waals surface area contributed by atoms with Crippen molar-refractivity contribution in [1.29, 1.82) is 0 Å². The van der Waals surface area contributed by atoms with Gasteiger partial charge < -0.3 is 10.6 Å². The van der Waals surface area contributed by atoms with Crippen molar-refractivity contribution in [3.8, 4) is 5.69 Å². The first kappa shape index (κ1) is 18.0. The molecular formula is C16H20BrClN4O. The Bertz CT molecular complexity index is 686. The van der Waals surface area contributed by atoms with E-state index in [9.17, 15) is 4.79 Å². The molecule has 7 heteroatoms. The highest BCUT2D eigenvalue weighted by atomic mass is 79.9. The summed E-state index contributed by atoms with van der Waals surface area (Å²) in [4.78, 5) is 14.5. The Kier molecular flexibility index (Phi) is 5.84. The number of nitrogens with two attached hydrogens (primary N) is 1. The van der Waals surface area contributed by atoms with E-state index in [0.29, 0.717) is 12.1 Å². The van der Waals surface area contributed by atoms with Gasteiger partial charge >= 0.3 is 0 Å². The lowest BCUT2D eigenvalue weighted by Crippen LogP contribution is -2.45. The van der Waals surface area contributed by atoms with Gasteiger partial charge in [-0.05, 0) is 44.0 Å². The molecule has 23 heavy (non-hydrogen) atoms. The summed E-state index contributed by atoms with van der Waals surface area (Å²) in [5.74, 6) is 0.0241. The van der Waals surface area contributed by atoms with Gasteiger partial charge in [-0.1, -0.05) is 15.9 Å². The van der Waals surface area contributed by atoms with Crippen LogP contribution in [0.2, 0.25) is 0 Å². The SMILES string of the molecule is Cc1c(C(=O)N2CCCC(N)C2)cnn1-c1ccc(Br)cc1.Cl. The van der Waals surface area contributed by atoms with Crippen molar-refractivity contribution in [3.63, 3.8) is 0 Å². The highest BCUT2D eigenvalue weighted by Gasteiger charge is 2.25. The highest BCUT2D eigenvalue weighted by Crippen LogP contribution is 2.19. The van der Waals surface area contributed by atoms with Gasteiger partial charge in [-0.15, -0.1) is 12.4 Å². The van der Waals surface area contributed by atoms with Crippen LogP contribution in [0.4, 0.5) is 0 Å². The number of halogens is 2. The van der Waals surface area contributed by atoms with Gasteiger partial charge in [-0.25, -0.2) is 4.68 Å². The molecule has 2 heterocycles. The summed E-state index contributed by atoms with van der Waals surface area (Å²) in [6, 6.07) is 7.94. The summed E-state index contributed by atoms with van der Waals surface area (Å²) in [5.41, 5.74) is 8.41. The molecule has 1 saturated heterocycles. The van der Waals surface area contributed by atoms with E-state index < -0.39 is 0 Å². The average Bonchev–Trinajstić information content (AvgIpc) is 2.89. The fourth-order valence-corrected chi connectivity index (χ4v) is 3.09. The van der Waals surface area contributed by atoms with Gasteiger partial charge in [0.15, 0.2) is 0 Å². The van der Waals surface area contributed by atoms with E-state index in [0.717, 1.165) is 35.2 Å². The third kappa shape index (κ3) is 3.76. The number of piperidine rings is 1. The first-order valence-electron chi connectivity index (χ1n) is 7.41. The number of hydrogen-bond acceptors (Lipinski definition) is 3. The first-order valence-corrected chi connectivity index (χ1v) is 8.21. The van der Waals surface area contributed by atoms with Crippen molar-refractivity contribution in [2.24, 2.45) is 5.73 Å². The van der Waals surface area contributed by atoms with E-state index in [1.54, 1.807) is 10.9 Å². The molecule has 1 aromatic heterocycles. The van der Waals surface area contributed by atoms with Crippen LogP contribution in [0.25, 0.3) is 5.69 Å². The molecule has 0 saturated carbocycles. The minimum absolute atomic E-state index is 0. The van der Waals surface area contributed by atoms with E-state index >= 15 is 0 Å². The zero-order valence-corrected chi connectivity index (χ0v) is 15.3. The van der Waals surface area contributed by atoms with Crippen molar-refractivity contribution in [3.05, 3.63) is 46.2 Å². The van der Waals surface area contributed by atoms with Crippen LogP contribution in [0.5, 0.6) is 0 Å². The molecule has 2 N–H and O–H groups in total. The van der Waals surface area contributed by atoms with Gasteiger partial charge in [-0.2, -0.15) is 5.10 Å². The lowest BCUT2D eigenvalue weighted by molar-refractivity contribution is 0.0708. The maximum atomic E-state index is 12.7. The monoisotopic (exact) mass is 398 g/mol. The number of benzene rings is 1. The Morgan fingerprint density at radius 2 is 2.04 bits per heavy atom. The summed E-state index contributed by atoms with van der Waals surface area (Å²) in [7, 11) is 0. The third-order valence-corrected chi connectivity index (χ3v) is 4.59. The lowest BCUT2D eigenvalue weighted by Gasteiger charge is -2.30. The van der Waals surface area contributed by atoms with E-state index in [1.807, 2.05) is 36.1 Å². The van der Waals surface area contributed by atoms with Crippen LogP contribution in [0.3, 0.4) is 0 Å². The minimum atomic E-state index is 0. The fraction of sp³-hybridized carbons (Fsp3) is 0.375. The number of carbonyl (C=O) groups is 1. The van der Waals surface area contributed by atoms with Crippen LogP contribution in [-0.2, 0) is 0 Å². The van der Waals surface area contributed by atoms with Gasteiger partial charge in [0.1, 0.15) is 0 Å². The predicted molar refractivity (Wildman–Crippen MR) is 96.4 cm³/mol. The Morgan fingerprint density at radius 1 is 1.35 bits per heavy atom. The molecule has 1 atom stereocenters. The second-order valence-electron chi connectivity index (χ2n) is 5.69. The van der Waals surface area contributed by atoms with Crippen LogP contribution in [0, 0.1) is 6.92 Å². The smallest absolute Gasteiger partial charge is 0.257 e. The van der Waals surface area contributed by atoms with Crippen LogP contribution in [0.15, 0.2) is 34.9 Å². The first-order chi connectivity index (χ1) is 10.6. The molecule has 0 radical (unpaired) electrons. The summed E-state index contributed by atoms with van der Waals surface area (Å²) < 4.78 is 2.81. The Hall–Kier alpha value is -1.37. The molecule has 0 bridgehead atoms. The average molecular weight is 400 g/mol. The number of likely N-dealkylation sites (tertiary alicyclic amines) is 1. The molecule has 1 fully saturated rings. The standard InChI is InChI=1S/C16H19BrN4O.ClH/c1-11-15(16(22)20-8-2-3-13(18)10-20)9-19-21(11)14-6-4-12(17)5-7-14;/h4-7,9,13H,2-3,8,10,18H2,1H3;1H. The van der Waals surface area contributed by atoms with E-state index in [1.165, 1.54) is 0 Å². The Balaban J connectivity index is 0.00000192. The van der Waals surface area contributed by atoms with E-state index in [4.69, 9.17) is 5.73 Å². The molecule has 5 nitrogen and oxygen atoms in total. The number of hydrogen-bond donors (Lipinski definition) is 1. The summed E-state index contributed by atoms with van der Waals surface area (Å²) in [5, 5.41) is 4.37. The minimum Gasteiger partial charge on any atom is -0.337 e. The van der Waals surface area contributed by atoms with Gasteiger partial charge in [0, 0.05) is 23.6 Å². The number of carbonyl (C=O) groups excluding carboxylic acids is 1. The maximum Gasteiger partial charge on any atom is 0.257 e. The summed E-state index contributed by atoms with van der Waals surface area (Å²) in [6.45, 7) is 3.32. The molecule has 0 aliphatic carbocycles. The van der Waals surface area contributed by atoms with Crippen molar-refractivity contribution < 1.29 is 4.79 Å². The largest absolute Gasteiger partial charge is 0.337 e. The second-order valence-corrected chi connectivity index (χ2v) is 6.60. The summed E-state index contributed by atoms with van der Waals surface area (Å²) >= 11 is 3.42.